The summed E-state index contributed by atoms with van der Waals surface area (Å²) in [4.78, 5) is 15.1. The minimum absolute atomic E-state index is 0.00484. The Morgan fingerprint density at radius 2 is 2.00 bits per heavy atom. The SMILES string of the molecule is CC(C)c1nn(C)c(N2CCN(CC#N)CC2)c1[N+](=O)[O-]. The molecule has 0 aromatic carbocycles. The van der Waals surface area contributed by atoms with Crippen LogP contribution in [0.1, 0.15) is 25.5 Å². The highest BCUT2D eigenvalue weighted by Crippen LogP contribution is 2.35. The molecule has 1 aliphatic heterocycles. The molecule has 1 aliphatic rings. The fourth-order valence-electron chi connectivity index (χ4n) is 2.66. The maximum Gasteiger partial charge on any atom is 0.334 e. The van der Waals surface area contributed by atoms with Crippen LogP contribution in [-0.4, -0.2) is 52.3 Å². The van der Waals surface area contributed by atoms with Gasteiger partial charge in [-0.15, -0.1) is 0 Å². The number of rotatable bonds is 4. The molecule has 8 heteroatoms. The van der Waals surface area contributed by atoms with Gasteiger partial charge in [0.2, 0.25) is 5.82 Å². The Morgan fingerprint density at radius 1 is 1.38 bits per heavy atom. The van der Waals surface area contributed by atoms with E-state index >= 15 is 0 Å². The first-order valence-corrected chi connectivity index (χ1v) is 7.01. The third-order valence-corrected chi connectivity index (χ3v) is 3.71. The Morgan fingerprint density at radius 3 is 2.48 bits per heavy atom. The molecule has 0 spiro atoms. The van der Waals surface area contributed by atoms with Crippen molar-refractivity contribution in [3.63, 3.8) is 0 Å². The predicted octanol–water partition coefficient (Wildman–Crippen LogP) is 1.10. The van der Waals surface area contributed by atoms with Crippen molar-refractivity contribution in [1.82, 2.24) is 14.7 Å². The minimum atomic E-state index is -0.334. The summed E-state index contributed by atoms with van der Waals surface area (Å²) in [6.07, 6.45) is 0. The molecule has 8 nitrogen and oxygen atoms in total. The Kier molecular flexibility index (Phi) is 4.43. The molecule has 1 fully saturated rings. The summed E-state index contributed by atoms with van der Waals surface area (Å²) in [6.45, 7) is 7.01. The van der Waals surface area contributed by atoms with E-state index in [0.29, 0.717) is 31.1 Å². The molecule has 1 aromatic heterocycles. The quantitative estimate of drug-likeness (QED) is 0.469. The van der Waals surface area contributed by atoms with Crippen LogP contribution in [-0.2, 0) is 7.05 Å². The van der Waals surface area contributed by atoms with Crippen molar-refractivity contribution in [2.75, 3.05) is 37.6 Å². The van der Waals surface area contributed by atoms with E-state index in [-0.39, 0.29) is 16.5 Å². The van der Waals surface area contributed by atoms with E-state index in [1.54, 1.807) is 11.7 Å². The lowest BCUT2D eigenvalue weighted by Crippen LogP contribution is -2.47. The van der Waals surface area contributed by atoms with Crippen LogP contribution in [0.5, 0.6) is 0 Å². The van der Waals surface area contributed by atoms with Crippen molar-refractivity contribution in [2.45, 2.75) is 19.8 Å². The summed E-state index contributed by atoms with van der Waals surface area (Å²) in [5.74, 6) is 0.575. The van der Waals surface area contributed by atoms with E-state index < -0.39 is 0 Å². The molecule has 114 valence electrons. The third kappa shape index (κ3) is 2.97. The van der Waals surface area contributed by atoms with Gasteiger partial charge in [0.15, 0.2) is 0 Å². The lowest BCUT2D eigenvalue weighted by Gasteiger charge is -2.34. The van der Waals surface area contributed by atoms with Gasteiger partial charge in [0.1, 0.15) is 5.69 Å². The van der Waals surface area contributed by atoms with Crippen LogP contribution in [0, 0.1) is 21.4 Å². The van der Waals surface area contributed by atoms with E-state index in [9.17, 15) is 10.1 Å². The number of hydrogen-bond acceptors (Lipinski definition) is 6. The van der Waals surface area contributed by atoms with Gasteiger partial charge < -0.3 is 4.90 Å². The first-order valence-electron chi connectivity index (χ1n) is 7.01. The molecule has 0 N–H and O–H groups in total. The highest BCUT2D eigenvalue weighted by atomic mass is 16.6. The van der Waals surface area contributed by atoms with Crippen LogP contribution in [0.25, 0.3) is 0 Å². The number of nitriles is 1. The summed E-state index contributed by atoms with van der Waals surface area (Å²) in [6, 6.07) is 2.13. The number of hydrogen-bond donors (Lipinski definition) is 0. The second-order valence-electron chi connectivity index (χ2n) is 5.51. The number of anilines is 1. The molecule has 2 rings (SSSR count). The van der Waals surface area contributed by atoms with E-state index in [1.807, 2.05) is 23.6 Å². The van der Waals surface area contributed by atoms with Crippen molar-refractivity contribution in [3.05, 3.63) is 15.8 Å². The Labute approximate surface area is 123 Å². The Balaban J connectivity index is 2.29. The molecule has 1 saturated heterocycles. The fourth-order valence-corrected chi connectivity index (χ4v) is 2.66. The summed E-state index contributed by atoms with van der Waals surface area (Å²) in [7, 11) is 1.75. The fraction of sp³-hybridized carbons (Fsp3) is 0.692. The van der Waals surface area contributed by atoms with Gasteiger partial charge in [-0.2, -0.15) is 10.4 Å². The molecule has 1 aromatic rings. The highest BCUT2D eigenvalue weighted by Gasteiger charge is 2.33. The number of nitrogens with zero attached hydrogens (tertiary/aromatic N) is 6. The standard InChI is InChI=1S/C13H20N6O2/c1-10(2)11-12(19(20)21)13(16(3)15-11)18-8-6-17(5-4-14)7-9-18/h10H,5-9H2,1-3H3. The molecule has 2 heterocycles. The molecule has 0 radical (unpaired) electrons. The highest BCUT2D eigenvalue weighted by molar-refractivity contribution is 5.62. The zero-order chi connectivity index (χ0) is 15.6. The number of piperazine rings is 1. The van der Waals surface area contributed by atoms with Crippen molar-refractivity contribution in [2.24, 2.45) is 7.05 Å². The second kappa shape index (κ2) is 6.10. The second-order valence-corrected chi connectivity index (χ2v) is 5.51. The maximum atomic E-state index is 11.4. The number of aryl methyl sites for hydroxylation is 1. The van der Waals surface area contributed by atoms with Crippen molar-refractivity contribution in [3.8, 4) is 6.07 Å². The zero-order valence-electron chi connectivity index (χ0n) is 12.6. The number of nitro groups is 1. The molecule has 0 bridgehead atoms. The third-order valence-electron chi connectivity index (χ3n) is 3.71. The topological polar surface area (TPSA) is 91.2 Å². The summed E-state index contributed by atoms with van der Waals surface area (Å²) in [5, 5.41) is 24.5. The smallest absolute Gasteiger partial charge is 0.334 e. The molecule has 0 atom stereocenters. The van der Waals surface area contributed by atoms with Crippen molar-refractivity contribution >= 4 is 11.5 Å². The van der Waals surface area contributed by atoms with Crippen molar-refractivity contribution in [1.29, 1.82) is 5.26 Å². The zero-order valence-corrected chi connectivity index (χ0v) is 12.6. The van der Waals surface area contributed by atoms with Gasteiger partial charge in [-0.25, -0.2) is 4.68 Å². The molecule has 0 amide bonds. The van der Waals surface area contributed by atoms with Crippen LogP contribution >= 0.6 is 0 Å². The average molecular weight is 292 g/mol. The van der Waals surface area contributed by atoms with Gasteiger partial charge in [-0.05, 0) is 0 Å². The van der Waals surface area contributed by atoms with Gasteiger partial charge in [0, 0.05) is 39.1 Å². The Hall–Kier alpha value is -2.14. The van der Waals surface area contributed by atoms with Crippen molar-refractivity contribution < 1.29 is 4.92 Å². The predicted molar refractivity (Wildman–Crippen MR) is 78.2 cm³/mol. The van der Waals surface area contributed by atoms with Crippen LogP contribution < -0.4 is 4.90 Å². The summed E-state index contributed by atoms with van der Waals surface area (Å²) >= 11 is 0. The van der Waals surface area contributed by atoms with Crippen LogP contribution in [0.15, 0.2) is 0 Å². The molecule has 0 aliphatic carbocycles. The van der Waals surface area contributed by atoms with Gasteiger partial charge >= 0.3 is 5.69 Å². The molecule has 0 unspecified atom stereocenters. The van der Waals surface area contributed by atoms with Gasteiger partial charge in [0.25, 0.3) is 0 Å². The summed E-state index contributed by atoms with van der Waals surface area (Å²) < 4.78 is 1.60. The van der Waals surface area contributed by atoms with Gasteiger partial charge in [-0.1, -0.05) is 13.8 Å². The average Bonchev–Trinajstić information content (AvgIpc) is 2.78. The molecule has 21 heavy (non-hydrogen) atoms. The molecule has 0 saturated carbocycles. The van der Waals surface area contributed by atoms with Crippen LogP contribution in [0.2, 0.25) is 0 Å². The van der Waals surface area contributed by atoms with E-state index in [0.717, 1.165) is 13.1 Å². The monoisotopic (exact) mass is 292 g/mol. The molecular formula is C13H20N6O2. The van der Waals surface area contributed by atoms with E-state index in [1.165, 1.54) is 0 Å². The van der Waals surface area contributed by atoms with E-state index in [4.69, 9.17) is 5.26 Å². The van der Waals surface area contributed by atoms with Crippen LogP contribution in [0.4, 0.5) is 11.5 Å². The molecular weight excluding hydrogens is 272 g/mol. The first kappa shape index (κ1) is 15.3. The maximum absolute atomic E-state index is 11.4. The lowest BCUT2D eigenvalue weighted by atomic mass is 10.1. The normalized spacial score (nSPS) is 16.2. The van der Waals surface area contributed by atoms with Gasteiger partial charge in [0.05, 0.1) is 17.5 Å². The van der Waals surface area contributed by atoms with Crippen LogP contribution in [0.3, 0.4) is 0 Å². The first-order chi connectivity index (χ1) is 9.95. The lowest BCUT2D eigenvalue weighted by molar-refractivity contribution is -0.385. The number of aromatic nitrogens is 2. The largest absolute Gasteiger partial charge is 0.349 e. The summed E-state index contributed by atoms with van der Waals surface area (Å²) in [5.41, 5.74) is 0.637. The minimum Gasteiger partial charge on any atom is -0.349 e. The van der Waals surface area contributed by atoms with Gasteiger partial charge in [-0.3, -0.25) is 15.0 Å². The Bertz CT molecular complexity index is 566. The van der Waals surface area contributed by atoms with E-state index in [2.05, 4.69) is 11.2 Å².